The van der Waals surface area contributed by atoms with Gasteiger partial charge in [0.2, 0.25) is 0 Å². The van der Waals surface area contributed by atoms with Gasteiger partial charge in [0.25, 0.3) is 0 Å². The van der Waals surface area contributed by atoms with Gasteiger partial charge in [0.1, 0.15) is 0 Å². The van der Waals surface area contributed by atoms with Gasteiger partial charge in [-0.2, -0.15) is 0 Å². The van der Waals surface area contributed by atoms with E-state index in [0.717, 1.165) is 50.5 Å². The number of benzene rings is 3. The molecule has 32 heavy (non-hydrogen) atoms. The monoisotopic (exact) mass is 432 g/mol. The highest BCUT2D eigenvalue weighted by molar-refractivity contribution is 5.86. The zero-order valence-corrected chi connectivity index (χ0v) is 19.9. The van der Waals surface area contributed by atoms with Crippen LogP contribution in [0.4, 0.5) is 0 Å². The lowest BCUT2D eigenvalue weighted by Gasteiger charge is -2.27. The summed E-state index contributed by atoms with van der Waals surface area (Å²) in [5.41, 5.74) is 4.21. The smallest absolute Gasteiger partial charge is 0.161 e. The number of hydrogen-bond acceptors (Lipinski definition) is 4. The minimum absolute atomic E-state index is 0.398. The van der Waals surface area contributed by atoms with Crippen molar-refractivity contribution in [2.45, 2.75) is 32.2 Å². The molecule has 0 spiro atoms. The standard InChI is InChI=1S/C28H36N2O2/c1-21(25-12-7-10-22-9-5-6-11-26(22)25)29(2)15-8-16-30-17-13-23-19-27(31-3)28(32-4)20-24(23)14-18-30/h5-7,9-12,19-21H,8,13-18H2,1-4H3. The van der Waals surface area contributed by atoms with E-state index in [4.69, 9.17) is 9.47 Å². The Morgan fingerprint density at radius 2 is 1.53 bits per heavy atom. The molecule has 1 heterocycles. The molecule has 0 amide bonds. The van der Waals surface area contributed by atoms with Crippen LogP contribution in [0.1, 0.15) is 36.1 Å². The van der Waals surface area contributed by atoms with Gasteiger partial charge < -0.3 is 14.4 Å². The fourth-order valence-electron chi connectivity index (χ4n) is 4.91. The van der Waals surface area contributed by atoms with Crippen LogP contribution in [-0.2, 0) is 12.8 Å². The Balaban J connectivity index is 1.32. The van der Waals surface area contributed by atoms with Crippen LogP contribution in [0.2, 0.25) is 0 Å². The highest BCUT2D eigenvalue weighted by Crippen LogP contribution is 2.32. The molecule has 0 aromatic heterocycles. The zero-order valence-electron chi connectivity index (χ0n) is 19.9. The number of fused-ring (bicyclic) bond motifs is 2. The molecule has 1 aliphatic heterocycles. The number of methoxy groups -OCH3 is 2. The highest BCUT2D eigenvalue weighted by atomic mass is 16.5. The maximum atomic E-state index is 5.50. The van der Waals surface area contributed by atoms with Crippen molar-refractivity contribution in [1.29, 1.82) is 0 Å². The first-order valence-electron chi connectivity index (χ1n) is 11.7. The predicted octanol–water partition coefficient (Wildman–Crippen LogP) is 5.34. The van der Waals surface area contributed by atoms with E-state index in [9.17, 15) is 0 Å². The maximum Gasteiger partial charge on any atom is 0.161 e. The summed E-state index contributed by atoms with van der Waals surface area (Å²) in [4.78, 5) is 5.10. The topological polar surface area (TPSA) is 24.9 Å². The summed E-state index contributed by atoms with van der Waals surface area (Å²) < 4.78 is 11.0. The molecule has 4 rings (SSSR count). The van der Waals surface area contributed by atoms with E-state index in [1.165, 1.54) is 33.9 Å². The van der Waals surface area contributed by atoms with Crippen LogP contribution in [0.5, 0.6) is 11.5 Å². The second-order valence-electron chi connectivity index (χ2n) is 8.90. The van der Waals surface area contributed by atoms with Gasteiger partial charge in [-0.1, -0.05) is 42.5 Å². The predicted molar refractivity (Wildman–Crippen MR) is 133 cm³/mol. The van der Waals surface area contributed by atoms with Gasteiger partial charge in [-0.05, 0) is 85.9 Å². The Hall–Kier alpha value is -2.56. The average molecular weight is 433 g/mol. The Morgan fingerprint density at radius 1 is 0.906 bits per heavy atom. The molecular weight excluding hydrogens is 396 g/mol. The van der Waals surface area contributed by atoms with Gasteiger partial charge in [0.05, 0.1) is 14.2 Å². The van der Waals surface area contributed by atoms with E-state index in [1.54, 1.807) is 14.2 Å². The lowest BCUT2D eigenvalue weighted by molar-refractivity contribution is 0.224. The summed E-state index contributed by atoms with van der Waals surface area (Å²) >= 11 is 0. The minimum Gasteiger partial charge on any atom is -0.493 e. The fraction of sp³-hybridized carbons (Fsp3) is 0.429. The lowest BCUT2D eigenvalue weighted by Crippen LogP contribution is -2.31. The minimum atomic E-state index is 0.398. The second-order valence-corrected chi connectivity index (χ2v) is 8.90. The molecule has 0 radical (unpaired) electrons. The van der Waals surface area contributed by atoms with Crippen molar-refractivity contribution in [3.8, 4) is 11.5 Å². The highest BCUT2D eigenvalue weighted by Gasteiger charge is 2.18. The molecule has 0 fully saturated rings. The molecule has 0 saturated carbocycles. The SMILES string of the molecule is COc1cc2c(cc1OC)CCN(CCCN(C)C(C)c1cccc3ccccc13)CC2. The first-order valence-corrected chi connectivity index (χ1v) is 11.7. The molecule has 170 valence electrons. The van der Waals surface area contributed by atoms with Crippen LogP contribution in [0, 0.1) is 0 Å². The summed E-state index contributed by atoms with van der Waals surface area (Å²) in [5.74, 6) is 1.67. The van der Waals surface area contributed by atoms with Crippen molar-refractivity contribution in [3.63, 3.8) is 0 Å². The van der Waals surface area contributed by atoms with Crippen molar-refractivity contribution in [3.05, 3.63) is 71.3 Å². The van der Waals surface area contributed by atoms with E-state index in [1.807, 2.05) is 0 Å². The van der Waals surface area contributed by atoms with E-state index in [0.29, 0.717) is 6.04 Å². The molecule has 0 bridgehead atoms. The summed E-state index contributed by atoms with van der Waals surface area (Å²) in [6, 6.07) is 20.1. The summed E-state index contributed by atoms with van der Waals surface area (Å²) in [6.45, 7) is 6.76. The van der Waals surface area contributed by atoms with Crippen molar-refractivity contribution in [2.75, 3.05) is 47.4 Å². The molecular formula is C28H36N2O2. The summed E-state index contributed by atoms with van der Waals surface area (Å²) in [6.07, 6.45) is 3.31. The number of rotatable bonds is 8. The van der Waals surface area contributed by atoms with Gasteiger partial charge in [0.15, 0.2) is 11.5 Å². The number of hydrogen-bond donors (Lipinski definition) is 0. The summed E-state index contributed by atoms with van der Waals surface area (Å²) in [5, 5.41) is 2.69. The van der Waals surface area contributed by atoms with Gasteiger partial charge in [0, 0.05) is 19.1 Å². The van der Waals surface area contributed by atoms with Crippen LogP contribution in [0.3, 0.4) is 0 Å². The van der Waals surface area contributed by atoms with Crippen molar-refractivity contribution < 1.29 is 9.47 Å². The molecule has 0 aliphatic carbocycles. The Bertz CT molecular complexity index is 1010. The molecule has 3 aromatic carbocycles. The van der Waals surface area contributed by atoms with E-state index in [2.05, 4.69) is 78.4 Å². The van der Waals surface area contributed by atoms with E-state index in [-0.39, 0.29) is 0 Å². The van der Waals surface area contributed by atoms with Gasteiger partial charge in [-0.25, -0.2) is 0 Å². The number of nitrogens with zero attached hydrogens (tertiary/aromatic N) is 2. The molecule has 4 heteroatoms. The second kappa shape index (κ2) is 10.4. The van der Waals surface area contributed by atoms with Crippen LogP contribution in [0.25, 0.3) is 10.8 Å². The van der Waals surface area contributed by atoms with E-state index >= 15 is 0 Å². The van der Waals surface area contributed by atoms with Crippen LogP contribution in [-0.4, -0.2) is 57.2 Å². The van der Waals surface area contributed by atoms with Gasteiger partial charge in [-0.15, -0.1) is 0 Å². The first kappa shape index (κ1) is 22.6. The molecule has 0 saturated heterocycles. The fourth-order valence-corrected chi connectivity index (χ4v) is 4.91. The Morgan fingerprint density at radius 3 is 2.19 bits per heavy atom. The average Bonchev–Trinajstić information content (AvgIpc) is 3.04. The molecule has 1 aliphatic rings. The van der Waals surface area contributed by atoms with Crippen LogP contribution >= 0.6 is 0 Å². The third kappa shape index (κ3) is 4.92. The third-order valence-corrected chi connectivity index (χ3v) is 7.02. The van der Waals surface area contributed by atoms with Crippen LogP contribution in [0.15, 0.2) is 54.6 Å². The van der Waals surface area contributed by atoms with Crippen molar-refractivity contribution in [2.24, 2.45) is 0 Å². The molecule has 4 nitrogen and oxygen atoms in total. The molecule has 3 aromatic rings. The number of ether oxygens (including phenoxy) is 2. The quantitative estimate of drug-likeness (QED) is 0.480. The van der Waals surface area contributed by atoms with Crippen LogP contribution < -0.4 is 9.47 Å². The maximum absolute atomic E-state index is 5.50. The normalized spacial score (nSPS) is 15.4. The van der Waals surface area contributed by atoms with Crippen molar-refractivity contribution in [1.82, 2.24) is 9.80 Å². The van der Waals surface area contributed by atoms with Gasteiger partial charge >= 0.3 is 0 Å². The molecule has 1 atom stereocenters. The zero-order chi connectivity index (χ0) is 22.5. The summed E-state index contributed by atoms with van der Waals surface area (Å²) in [7, 11) is 5.68. The lowest BCUT2D eigenvalue weighted by atomic mass is 9.99. The van der Waals surface area contributed by atoms with Gasteiger partial charge in [-0.3, -0.25) is 4.90 Å². The van der Waals surface area contributed by atoms with E-state index < -0.39 is 0 Å². The molecule has 1 unspecified atom stereocenters. The largest absolute Gasteiger partial charge is 0.493 e. The Kier molecular flexibility index (Phi) is 7.33. The first-order chi connectivity index (χ1) is 15.6. The van der Waals surface area contributed by atoms with Crippen molar-refractivity contribution >= 4 is 10.8 Å². The Labute approximate surface area is 192 Å². The molecule has 0 N–H and O–H groups in total. The third-order valence-electron chi connectivity index (χ3n) is 7.02.